The second-order valence-electron chi connectivity index (χ2n) is 11.4. The molecule has 8 rings (SSSR count). The smallest absolute Gasteiger partial charge is 0.0541 e. The summed E-state index contributed by atoms with van der Waals surface area (Å²) in [5.41, 5.74) is 14.2. The lowest BCUT2D eigenvalue weighted by Gasteiger charge is -2.22. The Bertz CT molecular complexity index is 2020. The van der Waals surface area contributed by atoms with Crippen molar-refractivity contribution in [3.63, 3.8) is 0 Å². The van der Waals surface area contributed by atoms with E-state index < -0.39 is 0 Å². The third-order valence-corrected chi connectivity index (χ3v) is 8.81. The maximum Gasteiger partial charge on any atom is 0.0541 e. The molecule has 0 bridgehead atoms. The third kappa shape index (κ3) is 3.21. The Morgan fingerprint density at radius 3 is 1.57 bits per heavy atom. The van der Waals surface area contributed by atoms with Crippen molar-refractivity contribution in [2.45, 2.75) is 19.3 Å². The number of benzene rings is 6. The molecule has 0 atom stereocenters. The molecule has 0 unspecified atom stereocenters. The van der Waals surface area contributed by atoms with Gasteiger partial charge in [-0.3, -0.25) is 0 Å². The predicted octanol–water partition coefficient (Wildman–Crippen LogP) is 10.4. The van der Waals surface area contributed by atoms with Gasteiger partial charge in [-0.25, -0.2) is 0 Å². The van der Waals surface area contributed by atoms with E-state index in [1.807, 2.05) is 0 Å². The zero-order valence-electron chi connectivity index (χ0n) is 22.7. The molecule has 0 radical (unpaired) electrons. The zero-order chi connectivity index (χ0) is 26.8. The van der Waals surface area contributed by atoms with Crippen LogP contribution < -0.4 is 0 Å². The first-order valence-corrected chi connectivity index (χ1v) is 14.0. The monoisotopic (exact) mass is 511 g/mol. The lowest BCUT2D eigenvalue weighted by atomic mass is 9.81. The van der Waals surface area contributed by atoms with Crippen molar-refractivity contribution < 1.29 is 0 Å². The van der Waals surface area contributed by atoms with Crippen molar-refractivity contribution >= 4 is 21.8 Å². The standard InChI is InChI=1S/C39H29N/c1-39(2)33-21-11-19-29(26-13-4-3-5-14-26)37(33)38-30(20-12-22-34(38)39)27-15-10-16-28(25-27)40-35-23-8-6-17-31(35)32-18-7-9-24-36(32)40/h3-25H,1-2H3. The van der Waals surface area contributed by atoms with Gasteiger partial charge in [-0.1, -0.05) is 129 Å². The first-order valence-electron chi connectivity index (χ1n) is 14.0. The highest BCUT2D eigenvalue weighted by Gasteiger charge is 2.38. The van der Waals surface area contributed by atoms with Gasteiger partial charge in [-0.15, -0.1) is 0 Å². The number of hydrogen-bond acceptors (Lipinski definition) is 0. The Morgan fingerprint density at radius 2 is 0.950 bits per heavy atom. The Balaban J connectivity index is 1.39. The first kappa shape index (κ1) is 23.0. The van der Waals surface area contributed by atoms with E-state index >= 15 is 0 Å². The van der Waals surface area contributed by atoms with Crippen LogP contribution in [0.5, 0.6) is 0 Å². The van der Waals surface area contributed by atoms with E-state index in [1.54, 1.807) is 0 Å². The van der Waals surface area contributed by atoms with Gasteiger partial charge < -0.3 is 4.57 Å². The molecule has 190 valence electrons. The van der Waals surface area contributed by atoms with E-state index in [9.17, 15) is 0 Å². The van der Waals surface area contributed by atoms with Gasteiger partial charge in [0, 0.05) is 21.9 Å². The van der Waals surface area contributed by atoms with E-state index in [2.05, 4.69) is 158 Å². The minimum absolute atomic E-state index is 0.0735. The van der Waals surface area contributed by atoms with Crippen LogP contribution in [0.4, 0.5) is 0 Å². The quantitative estimate of drug-likeness (QED) is 0.222. The molecule has 1 heteroatoms. The van der Waals surface area contributed by atoms with Gasteiger partial charge in [-0.2, -0.15) is 0 Å². The van der Waals surface area contributed by atoms with Crippen LogP contribution >= 0.6 is 0 Å². The van der Waals surface area contributed by atoms with Crippen molar-refractivity contribution in [1.29, 1.82) is 0 Å². The number of hydrogen-bond donors (Lipinski definition) is 0. The van der Waals surface area contributed by atoms with E-state index in [0.717, 1.165) is 0 Å². The molecule has 1 heterocycles. The molecule has 40 heavy (non-hydrogen) atoms. The number of fused-ring (bicyclic) bond motifs is 6. The molecule has 7 aromatic rings. The summed E-state index contributed by atoms with van der Waals surface area (Å²) in [6.07, 6.45) is 0. The van der Waals surface area contributed by atoms with Gasteiger partial charge in [0.25, 0.3) is 0 Å². The fourth-order valence-electron chi connectivity index (χ4n) is 6.94. The summed E-state index contributed by atoms with van der Waals surface area (Å²) in [4.78, 5) is 0. The van der Waals surface area contributed by atoms with Gasteiger partial charge in [0.05, 0.1) is 11.0 Å². The van der Waals surface area contributed by atoms with Crippen molar-refractivity contribution in [3.8, 4) is 39.1 Å². The average Bonchev–Trinajstić information content (AvgIpc) is 3.47. The lowest BCUT2D eigenvalue weighted by molar-refractivity contribution is 0.660. The van der Waals surface area contributed by atoms with E-state index in [-0.39, 0.29) is 5.41 Å². The summed E-state index contributed by atoms with van der Waals surface area (Å²) in [5.74, 6) is 0. The van der Waals surface area contributed by atoms with Crippen LogP contribution in [0.1, 0.15) is 25.0 Å². The fourth-order valence-corrected chi connectivity index (χ4v) is 6.94. The van der Waals surface area contributed by atoms with Gasteiger partial charge in [0.1, 0.15) is 0 Å². The van der Waals surface area contributed by atoms with Gasteiger partial charge in [0.2, 0.25) is 0 Å². The summed E-state index contributed by atoms with van der Waals surface area (Å²) in [5, 5.41) is 2.57. The molecule has 0 saturated carbocycles. The van der Waals surface area contributed by atoms with Crippen molar-refractivity contribution in [2.24, 2.45) is 0 Å². The molecule has 0 fully saturated rings. The number of para-hydroxylation sites is 2. The Labute approximate surface area is 235 Å². The zero-order valence-corrected chi connectivity index (χ0v) is 22.7. The van der Waals surface area contributed by atoms with Crippen LogP contribution in [0.25, 0.3) is 60.9 Å². The largest absolute Gasteiger partial charge is 0.309 e. The number of aromatic nitrogens is 1. The Hall–Kier alpha value is -4.88. The lowest BCUT2D eigenvalue weighted by Crippen LogP contribution is -2.14. The molecule has 6 aromatic carbocycles. The average molecular weight is 512 g/mol. The fraction of sp³-hybridized carbons (Fsp3) is 0.0769. The third-order valence-electron chi connectivity index (χ3n) is 8.81. The minimum atomic E-state index is -0.0735. The van der Waals surface area contributed by atoms with Crippen molar-refractivity contribution in [3.05, 3.63) is 151 Å². The normalized spacial score (nSPS) is 13.4. The van der Waals surface area contributed by atoms with E-state index in [4.69, 9.17) is 0 Å². The Kier molecular flexibility index (Phi) is 4.93. The van der Waals surface area contributed by atoms with E-state index in [1.165, 1.54) is 72.0 Å². The molecule has 1 nitrogen and oxygen atoms in total. The molecular weight excluding hydrogens is 482 g/mol. The van der Waals surface area contributed by atoms with Crippen LogP contribution in [-0.4, -0.2) is 4.57 Å². The highest BCUT2D eigenvalue weighted by Crippen LogP contribution is 2.55. The number of rotatable bonds is 3. The maximum atomic E-state index is 2.41. The van der Waals surface area contributed by atoms with Crippen LogP contribution in [0.3, 0.4) is 0 Å². The van der Waals surface area contributed by atoms with Gasteiger partial charge in [0.15, 0.2) is 0 Å². The van der Waals surface area contributed by atoms with Crippen LogP contribution in [0.2, 0.25) is 0 Å². The summed E-state index contributed by atoms with van der Waals surface area (Å²) < 4.78 is 2.41. The molecule has 0 amide bonds. The molecule has 1 aliphatic rings. The second-order valence-corrected chi connectivity index (χ2v) is 11.4. The summed E-state index contributed by atoms with van der Waals surface area (Å²) >= 11 is 0. The molecular formula is C39H29N. The molecule has 0 N–H and O–H groups in total. The molecule has 1 aromatic heterocycles. The molecule has 0 spiro atoms. The topological polar surface area (TPSA) is 4.93 Å². The summed E-state index contributed by atoms with van der Waals surface area (Å²) in [6, 6.07) is 51.0. The predicted molar refractivity (Wildman–Crippen MR) is 169 cm³/mol. The molecule has 1 aliphatic carbocycles. The minimum Gasteiger partial charge on any atom is -0.309 e. The van der Waals surface area contributed by atoms with Crippen LogP contribution in [0.15, 0.2) is 140 Å². The maximum absolute atomic E-state index is 2.41. The highest BCUT2D eigenvalue weighted by atomic mass is 15.0. The van der Waals surface area contributed by atoms with E-state index in [0.29, 0.717) is 0 Å². The van der Waals surface area contributed by atoms with Crippen LogP contribution in [0, 0.1) is 0 Å². The SMILES string of the molecule is CC1(C)c2cccc(-c3ccccc3)c2-c2c(-c3cccc(-n4c5ccccc5c5ccccc54)c3)cccc21. The molecule has 0 saturated heterocycles. The highest BCUT2D eigenvalue weighted by molar-refractivity contribution is 6.09. The molecule has 0 aliphatic heterocycles. The van der Waals surface area contributed by atoms with Crippen molar-refractivity contribution in [1.82, 2.24) is 4.57 Å². The summed E-state index contributed by atoms with van der Waals surface area (Å²) in [7, 11) is 0. The van der Waals surface area contributed by atoms with Crippen LogP contribution in [-0.2, 0) is 5.41 Å². The first-order chi connectivity index (χ1) is 19.6. The van der Waals surface area contributed by atoms with Gasteiger partial charge >= 0.3 is 0 Å². The Morgan fingerprint density at radius 1 is 0.450 bits per heavy atom. The second kappa shape index (κ2) is 8.56. The summed E-state index contributed by atoms with van der Waals surface area (Å²) in [6.45, 7) is 4.73. The van der Waals surface area contributed by atoms with Gasteiger partial charge in [-0.05, 0) is 68.8 Å². The van der Waals surface area contributed by atoms with Crippen molar-refractivity contribution in [2.75, 3.05) is 0 Å². The number of nitrogens with zero attached hydrogens (tertiary/aromatic N) is 1.